The summed E-state index contributed by atoms with van der Waals surface area (Å²) >= 11 is 1.28. The number of fused-ring (bicyclic) bond motifs is 1. The van der Waals surface area contributed by atoms with Crippen LogP contribution in [0.1, 0.15) is 30.7 Å². The Hall–Kier alpha value is -3.08. The Morgan fingerprint density at radius 1 is 1.21 bits per heavy atom. The predicted molar refractivity (Wildman–Crippen MR) is 133 cm³/mol. The van der Waals surface area contributed by atoms with Crippen LogP contribution in [0.4, 0.5) is 10.8 Å². The van der Waals surface area contributed by atoms with E-state index in [0.717, 1.165) is 22.5 Å². The summed E-state index contributed by atoms with van der Waals surface area (Å²) < 4.78 is 29.2. The lowest BCUT2D eigenvalue weighted by Gasteiger charge is -2.21. The number of amides is 2. The van der Waals surface area contributed by atoms with Gasteiger partial charge in [0.25, 0.3) is 0 Å². The Labute approximate surface area is 203 Å². The second-order valence-corrected chi connectivity index (χ2v) is 11.0. The topological polar surface area (TPSA) is 108 Å². The molecule has 178 valence electrons. The fourth-order valence-electron chi connectivity index (χ4n) is 4.15. The van der Waals surface area contributed by atoms with Gasteiger partial charge in [-0.2, -0.15) is 4.72 Å². The molecule has 1 aliphatic rings. The number of benzene rings is 2. The van der Waals surface area contributed by atoms with Gasteiger partial charge in [0.2, 0.25) is 21.8 Å². The monoisotopic (exact) mass is 498 g/mol. The molecule has 0 saturated carbocycles. The van der Waals surface area contributed by atoms with Crippen LogP contribution in [0.5, 0.6) is 0 Å². The Morgan fingerprint density at radius 3 is 2.59 bits per heavy atom. The molecule has 34 heavy (non-hydrogen) atoms. The van der Waals surface area contributed by atoms with Crippen LogP contribution < -0.4 is 14.9 Å². The van der Waals surface area contributed by atoms with E-state index in [9.17, 15) is 18.0 Å². The molecule has 2 aromatic carbocycles. The Kier molecular flexibility index (Phi) is 6.83. The third kappa shape index (κ3) is 5.19. The van der Waals surface area contributed by atoms with Gasteiger partial charge < -0.3 is 10.2 Å². The number of thiazole rings is 1. The Morgan fingerprint density at radius 2 is 1.94 bits per heavy atom. The zero-order valence-electron chi connectivity index (χ0n) is 19.1. The van der Waals surface area contributed by atoms with Crippen molar-refractivity contribution in [3.63, 3.8) is 0 Å². The predicted octanol–water partition coefficient (Wildman–Crippen LogP) is 3.28. The molecule has 4 rings (SSSR count). The average molecular weight is 499 g/mol. The molecule has 0 aliphatic carbocycles. The molecule has 2 atom stereocenters. The van der Waals surface area contributed by atoms with E-state index in [1.54, 1.807) is 17.0 Å². The quantitative estimate of drug-likeness (QED) is 0.520. The molecule has 2 unspecified atom stereocenters. The van der Waals surface area contributed by atoms with Gasteiger partial charge in [-0.1, -0.05) is 30.3 Å². The van der Waals surface area contributed by atoms with Gasteiger partial charge in [-0.15, -0.1) is 11.3 Å². The van der Waals surface area contributed by atoms with Crippen LogP contribution in [0, 0.1) is 6.92 Å². The van der Waals surface area contributed by atoms with E-state index in [0.29, 0.717) is 11.6 Å². The van der Waals surface area contributed by atoms with Gasteiger partial charge >= 0.3 is 0 Å². The number of carbonyl (C=O) groups is 2. The van der Waals surface area contributed by atoms with Crippen molar-refractivity contribution in [1.82, 2.24) is 9.71 Å². The standard InChI is InChI=1S/C24H26N4O4S2/c1-15-14-33-24(25-15)26-23(30)21(12-18-7-5-4-6-8-18)27-34(31,32)20-9-10-22-19(13-20)11-16(2)28(22)17(3)29/h4-10,13-14,16,21,27H,11-12H2,1-3H3,(H,25,26,30). The number of aryl methyl sites for hydroxylation is 1. The fourth-order valence-corrected chi connectivity index (χ4v) is 6.09. The first-order valence-corrected chi connectivity index (χ1v) is 13.2. The van der Waals surface area contributed by atoms with Crippen LogP contribution in [-0.4, -0.2) is 37.3 Å². The number of nitrogens with zero attached hydrogens (tertiary/aromatic N) is 2. The summed E-state index contributed by atoms with van der Waals surface area (Å²) in [5, 5.41) is 4.94. The van der Waals surface area contributed by atoms with Crippen LogP contribution in [0.3, 0.4) is 0 Å². The number of aromatic nitrogens is 1. The van der Waals surface area contributed by atoms with Crippen LogP contribution in [0.15, 0.2) is 58.8 Å². The summed E-state index contributed by atoms with van der Waals surface area (Å²) in [4.78, 5) is 31.0. The molecule has 1 aliphatic heterocycles. The van der Waals surface area contributed by atoms with Crippen LogP contribution in [-0.2, 0) is 32.5 Å². The summed E-state index contributed by atoms with van der Waals surface area (Å²) in [7, 11) is -4.02. The smallest absolute Gasteiger partial charge is 0.244 e. The Bertz CT molecular complexity index is 1320. The maximum Gasteiger partial charge on any atom is 0.244 e. The number of sulfonamides is 1. The van der Waals surface area contributed by atoms with Crippen molar-refractivity contribution >= 4 is 44.0 Å². The molecule has 10 heteroatoms. The van der Waals surface area contributed by atoms with Crippen molar-refractivity contribution in [1.29, 1.82) is 0 Å². The molecular weight excluding hydrogens is 472 g/mol. The lowest BCUT2D eigenvalue weighted by Crippen LogP contribution is -2.45. The van der Waals surface area contributed by atoms with Crippen molar-refractivity contribution in [2.75, 3.05) is 10.2 Å². The number of nitrogens with one attached hydrogen (secondary N) is 2. The maximum absolute atomic E-state index is 13.3. The van der Waals surface area contributed by atoms with Crippen molar-refractivity contribution in [2.24, 2.45) is 0 Å². The molecule has 0 radical (unpaired) electrons. The summed E-state index contributed by atoms with van der Waals surface area (Å²) in [5.74, 6) is -0.573. The van der Waals surface area contributed by atoms with E-state index in [2.05, 4.69) is 15.0 Å². The molecule has 0 saturated heterocycles. The molecule has 2 amide bonds. The minimum absolute atomic E-state index is 0.0447. The van der Waals surface area contributed by atoms with E-state index in [1.807, 2.05) is 49.6 Å². The number of hydrogen-bond acceptors (Lipinski definition) is 6. The SMILES string of the molecule is CC(=O)N1c2ccc(S(=O)(=O)NC(Cc3ccccc3)C(=O)Nc3nc(C)cs3)cc2CC1C. The molecule has 2 N–H and O–H groups in total. The minimum Gasteiger partial charge on any atom is -0.309 e. The van der Waals surface area contributed by atoms with E-state index in [4.69, 9.17) is 0 Å². The van der Waals surface area contributed by atoms with Crippen molar-refractivity contribution in [2.45, 2.75) is 50.6 Å². The van der Waals surface area contributed by atoms with E-state index in [1.165, 1.54) is 24.3 Å². The van der Waals surface area contributed by atoms with Gasteiger partial charge in [0.1, 0.15) is 6.04 Å². The molecule has 0 bridgehead atoms. The van der Waals surface area contributed by atoms with Gasteiger partial charge in [-0.3, -0.25) is 9.59 Å². The van der Waals surface area contributed by atoms with Crippen molar-refractivity contribution < 1.29 is 18.0 Å². The van der Waals surface area contributed by atoms with Crippen molar-refractivity contribution in [3.8, 4) is 0 Å². The average Bonchev–Trinajstić information content (AvgIpc) is 3.34. The zero-order chi connectivity index (χ0) is 24.5. The number of rotatable bonds is 7. The summed E-state index contributed by atoms with van der Waals surface area (Å²) in [6.07, 6.45) is 0.742. The lowest BCUT2D eigenvalue weighted by atomic mass is 10.1. The van der Waals surface area contributed by atoms with E-state index in [-0.39, 0.29) is 23.3 Å². The molecule has 2 heterocycles. The number of hydrogen-bond donors (Lipinski definition) is 2. The number of anilines is 2. The molecule has 0 fully saturated rings. The van der Waals surface area contributed by atoms with Gasteiger partial charge in [-0.05, 0) is 56.0 Å². The summed E-state index contributed by atoms with van der Waals surface area (Å²) in [6.45, 7) is 5.24. The zero-order valence-corrected chi connectivity index (χ0v) is 20.7. The maximum atomic E-state index is 13.3. The van der Waals surface area contributed by atoms with Gasteiger partial charge in [0, 0.05) is 24.0 Å². The lowest BCUT2D eigenvalue weighted by molar-refractivity contribution is -0.118. The highest BCUT2D eigenvalue weighted by Crippen LogP contribution is 2.34. The van der Waals surface area contributed by atoms with E-state index >= 15 is 0 Å². The van der Waals surface area contributed by atoms with Gasteiger partial charge in [0.05, 0.1) is 10.6 Å². The first-order valence-electron chi connectivity index (χ1n) is 10.9. The second-order valence-electron chi connectivity index (χ2n) is 8.38. The molecule has 0 spiro atoms. The number of carbonyl (C=O) groups excluding carboxylic acids is 2. The van der Waals surface area contributed by atoms with Crippen LogP contribution >= 0.6 is 11.3 Å². The first kappa shape index (κ1) is 24.1. The highest BCUT2D eigenvalue weighted by Gasteiger charge is 2.32. The van der Waals surface area contributed by atoms with Gasteiger partial charge in [0.15, 0.2) is 5.13 Å². The summed E-state index contributed by atoms with van der Waals surface area (Å²) in [6, 6.07) is 12.8. The van der Waals surface area contributed by atoms with Crippen LogP contribution in [0.25, 0.3) is 0 Å². The van der Waals surface area contributed by atoms with Gasteiger partial charge in [-0.25, -0.2) is 13.4 Å². The molecule has 8 nitrogen and oxygen atoms in total. The minimum atomic E-state index is -4.02. The fraction of sp³-hybridized carbons (Fsp3) is 0.292. The highest BCUT2D eigenvalue weighted by atomic mass is 32.2. The van der Waals surface area contributed by atoms with Crippen molar-refractivity contribution in [3.05, 3.63) is 70.7 Å². The molecular formula is C24H26N4O4S2. The van der Waals surface area contributed by atoms with E-state index < -0.39 is 22.0 Å². The normalized spacial score (nSPS) is 16.2. The third-order valence-electron chi connectivity index (χ3n) is 5.66. The Balaban J connectivity index is 1.60. The molecule has 3 aromatic rings. The second kappa shape index (κ2) is 9.65. The largest absolute Gasteiger partial charge is 0.309 e. The summed E-state index contributed by atoms with van der Waals surface area (Å²) in [5.41, 5.74) is 3.09. The molecule has 1 aromatic heterocycles. The van der Waals surface area contributed by atoms with Crippen LogP contribution in [0.2, 0.25) is 0 Å². The highest BCUT2D eigenvalue weighted by molar-refractivity contribution is 7.89. The first-order chi connectivity index (χ1) is 16.1. The third-order valence-corrected chi connectivity index (χ3v) is 8.01.